The van der Waals surface area contributed by atoms with Crippen LogP contribution in [0.3, 0.4) is 0 Å². The molecule has 0 spiro atoms. The number of pyridine rings is 1. The van der Waals surface area contributed by atoms with Crippen molar-refractivity contribution < 1.29 is 14.7 Å². The number of carboxylic acid groups (broad SMARTS) is 1. The number of carboxylic acids is 1. The highest BCUT2D eigenvalue weighted by atomic mass is 16.4. The van der Waals surface area contributed by atoms with E-state index in [9.17, 15) is 14.7 Å². The van der Waals surface area contributed by atoms with Crippen molar-refractivity contribution in [1.82, 2.24) is 9.88 Å². The van der Waals surface area contributed by atoms with Gasteiger partial charge < -0.3 is 10.0 Å². The van der Waals surface area contributed by atoms with Crippen LogP contribution in [-0.4, -0.2) is 32.9 Å². The third-order valence-corrected chi connectivity index (χ3v) is 3.26. The third kappa shape index (κ3) is 2.08. The number of carbonyl (C=O) groups excluding carboxylic acids is 1. The van der Waals surface area contributed by atoms with Crippen molar-refractivity contribution in [3.63, 3.8) is 0 Å². The molecule has 2 heterocycles. The van der Waals surface area contributed by atoms with Crippen LogP contribution in [0.5, 0.6) is 0 Å². The molecular weight excluding hydrogens is 232 g/mol. The molecule has 2 rings (SSSR count). The molecule has 1 saturated heterocycles. The van der Waals surface area contributed by atoms with E-state index in [1.54, 1.807) is 23.4 Å². The fourth-order valence-electron chi connectivity index (χ4n) is 2.53. The number of hydrogen-bond acceptors (Lipinski definition) is 3. The summed E-state index contributed by atoms with van der Waals surface area (Å²) < 4.78 is 0. The Labute approximate surface area is 105 Å². The van der Waals surface area contributed by atoms with Gasteiger partial charge in [0.1, 0.15) is 0 Å². The second kappa shape index (κ2) is 4.76. The van der Waals surface area contributed by atoms with Crippen LogP contribution in [0.1, 0.15) is 31.9 Å². The fraction of sp³-hybridized carbons (Fsp3) is 0.462. The van der Waals surface area contributed by atoms with Gasteiger partial charge in [-0.05, 0) is 25.5 Å². The van der Waals surface area contributed by atoms with Gasteiger partial charge in [0.2, 0.25) is 5.91 Å². The number of nitrogens with zero attached hydrogens (tertiary/aromatic N) is 2. The average molecular weight is 248 g/mol. The summed E-state index contributed by atoms with van der Waals surface area (Å²) in [5.41, 5.74) is 0.782. The van der Waals surface area contributed by atoms with Crippen molar-refractivity contribution in [2.24, 2.45) is 5.92 Å². The predicted molar refractivity (Wildman–Crippen MR) is 64.7 cm³/mol. The lowest BCUT2D eigenvalue weighted by Crippen LogP contribution is -2.36. The first-order chi connectivity index (χ1) is 8.52. The number of rotatable bonds is 3. The van der Waals surface area contributed by atoms with Gasteiger partial charge in [-0.15, -0.1) is 0 Å². The van der Waals surface area contributed by atoms with Gasteiger partial charge in [0.05, 0.1) is 12.0 Å². The van der Waals surface area contributed by atoms with Crippen molar-refractivity contribution in [3.05, 3.63) is 30.1 Å². The summed E-state index contributed by atoms with van der Waals surface area (Å²) in [7, 11) is 0. The van der Waals surface area contributed by atoms with E-state index in [2.05, 4.69) is 4.98 Å². The molecule has 0 aromatic carbocycles. The molecule has 0 aliphatic carbocycles. The number of carbonyl (C=O) groups is 2. The van der Waals surface area contributed by atoms with E-state index >= 15 is 0 Å². The molecule has 1 amide bonds. The molecule has 1 fully saturated rings. The highest BCUT2D eigenvalue weighted by molar-refractivity contribution is 5.87. The van der Waals surface area contributed by atoms with Crippen molar-refractivity contribution in [1.29, 1.82) is 0 Å². The van der Waals surface area contributed by atoms with Crippen molar-refractivity contribution in [3.8, 4) is 0 Å². The number of aliphatic carboxylic acids is 1. The van der Waals surface area contributed by atoms with Crippen LogP contribution < -0.4 is 0 Å². The second-order valence-electron chi connectivity index (χ2n) is 4.77. The number of aromatic nitrogens is 1. The molecule has 18 heavy (non-hydrogen) atoms. The van der Waals surface area contributed by atoms with E-state index in [1.807, 2.05) is 19.9 Å². The topological polar surface area (TPSA) is 70.5 Å². The number of likely N-dealkylation sites (tertiary alicyclic amines) is 1. The number of amides is 1. The van der Waals surface area contributed by atoms with Crippen molar-refractivity contribution >= 4 is 11.9 Å². The van der Waals surface area contributed by atoms with Crippen molar-refractivity contribution in [2.75, 3.05) is 0 Å². The normalized spacial score (nSPS) is 23.7. The molecule has 0 saturated carbocycles. The maximum Gasteiger partial charge on any atom is 0.309 e. The number of hydrogen-bond donors (Lipinski definition) is 1. The molecule has 0 bridgehead atoms. The lowest BCUT2D eigenvalue weighted by molar-refractivity contribution is -0.142. The van der Waals surface area contributed by atoms with Gasteiger partial charge in [0.15, 0.2) is 0 Å². The summed E-state index contributed by atoms with van der Waals surface area (Å²) in [5.74, 6) is -1.73. The van der Waals surface area contributed by atoms with E-state index in [4.69, 9.17) is 0 Å². The van der Waals surface area contributed by atoms with E-state index < -0.39 is 17.9 Å². The summed E-state index contributed by atoms with van der Waals surface area (Å²) in [6, 6.07) is 3.15. The fourth-order valence-corrected chi connectivity index (χ4v) is 2.53. The molecule has 1 aliphatic heterocycles. The Morgan fingerprint density at radius 2 is 2.28 bits per heavy atom. The highest BCUT2D eigenvalue weighted by Crippen LogP contribution is 2.39. The minimum Gasteiger partial charge on any atom is -0.481 e. The Hall–Kier alpha value is -1.91. The Morgan fingerprint density at radius 3 is 2.78 bits per heavy atom. The molecule has 1 N–H and O–H groups in total. The van der Waals surface area contributed by atoms with Gasteiger partial charge >= 0.3 is 5.97 Å². The lowest BCUT2D eigenvalue weighted by Gasteiger charge is -2.30. The Morgan fingerprint density at radius 1 is 1.56 bits per heavy atom. The first-order valence-electron chi connectivity index (χ1n) is 5.96. The van der Waals surface area contributed by atoms with Gasteiger partial charge in [-0.3, -0.25) is 14.6 Å². The van der Waals surface area contributed by atoms with Gasteiger partial charge in [0.25, 0.3) is 0 Å². The molecular formula is C13H16N2O3. The van der Waals surface area contributed by atoms with E-state index in [-0.39, 0.29) is 18.4 Å². The highest BCUT2D eigenvalue weighted by Gasteiger charge is 2.45. The molecule has 5 nitrogen and oxygen atoms in total. The quantitative estimate of drug-likeness (QED) is 0.879. The largest absolute Gasteiger partial charge is 0.481 e. The minimum atomic E-state index is -0.930. The van der Waals surface area contributed by atoms with Gasteiger partial charge in [-0.1, -0.05) is 6.07 Å². The maximum atomic E-state index is 12.0. The van der Waals surface area contributed by atoms with Crippen LogP contribution in [0.15, 0.2) is 24.5 Å². The maximum absolute atomic E-state index is 12.0. The molecule has 1 aromatic heterocycles. The monoisotopic (exact) mass is 248 g/mol. The second-order valence-corrected chi connectivity index (χ2v) is 4.77. The van der Waals surface area contributed by atoms with E-state index in [0.717, 1.165) is 5.56 Å². The van der Waals surface area contributed by atoms with Crippen LogP contribution in [0.25, 0.3) is 0 Å². The summed E-state index contributed by atoms with van der Waals surface area (Å²) in [4.78, 5) is 28.9. The molecule has 1 aliphatic rings. The van der Waals surface area contributed by atoms with Crippen LogP contribution in [0.4, 0.5) is 0 Å². The Bertz CT molecular complexity index is 459. The van der Waals surface area contributed by atoms with Gasteiger partial charge in [-0.25, -0.2) is 0 Å². The SMILES string of the molecule is CC(C)N1C(=O)C[C@H](C(=O)O)[C@H]1c1cccnc1. The zero-order valence-electron chi connectivity index (χ0n) is 10.4. The van der Waals surface area contributed by atoms with Crippen LogP contribution in [0.2, 0.25) is 0 Å². The predicted octanol–water partition coefficient (Wildman–Crippen LogP) is 1.46. The lowest BCUT2D eigenvalue weighted by atomic mass is 9.94. The van der Waals surface area contributed by atoms with E-state index in [1.165, 1.54) is 0 Å². The average Bonchev–Trinajstić information content (AvgIpc) is 2.68. The standard InChI is InChI=1S/C13H16N2O3/c1-8(2)15-11(16)6-10(13(17)18)12(15)9-4-3-5-14-7-9/h3-5,7-8,10,12H,6H2,1-2H3,(H,17,18)/t10-,12+/m0/s1. The Kier molecular flexibility index (Phi) is 3.32. The smallest absolute Gasteiger partial charge is 0.309 e. The minimum absolute atomic E-state index is 0.0212. The van der Waals surface area contributed by atoms with Gasteiger partial charge in [0, 0.05) is 24.9 Å². The molecule has 96 valence electrons. The summed E-state index contributed by atoms with van der Waals surface area (Å²) in [6.07, 6.45) is 3.33. The zero-order chi connectivity index (χ0) is 13.3. The molecule has 0 unspecified atom stereocenters. The first kappa shape index (κ1) is 12.5. The summed E-state index contributed by atoms with van der Waals surface area (Å²) in [5, 5.41) is 9.26. The zero-order valence-corrected chi connectivity index (χ0v) is 10.4. The molecule has 2 atom stereocenters. The summed E-state index contributed by atoms with van der Waals surface area (Å²) >= 11 is 0. The van der Waals surface area contributed by atoms with Crippen LogP contribution in [0, 0.1) is 5.92 Å². The first-order valence-corrected chi connectivity index (χ1v) is 5.96. The van der Waals surface area contributed by atoms with Crippen LogP contribution in [-0.2, 0) is 9.59 Å². The van der Waals surface area contributed by atoms with Gasteiger partial charge in [-0.2, -0.15) is 0 Å². The Balaban J connectivity index is 2.43. The van der Waals surface area contributed by atoms with E-state index in [0.29, 0.717) is 0 Å². The molecule has 0 radical (unpaired) electrons. The third-order valence-electron chi connectivity index (χ3n) is 3.26. The van der Waals surface area contributed by atoms with Crippen LogP contribution >= 0.6 is 0 Å². The molecule has 1 aromatic rings. The molecule has 5 heteroatoms. The summed E-state index contributed by atoms with van der Waals surface area (Å²) in [6.45, 7) is 3.79. The van der Waals surface area contributed by atoms with Crippen molar-refractivity contribution in [2.45, 2.75) is 32.4 Å².